The van der Waals surface area contributed by atoms with E-state index in [1.54, 1.807) is 18.2 Å². The molecule has 22 heavy (non-hydrogen) atoms. The van der Waals surface area contributed by atoms with Crippen LogP contribution < -0.4 is 4.74 Å². The summed E-state index contributed by atoms with van der Waals surface area (Å²) in [6, 6.07) is 12.9. The molecule has 4 nitrogen and oxygen atoms in total. The Kier molecular flexibility index (Phi) is 4.52. The predicted molar refractivity (Wildman–Crippen MR) is 87.6 cm³/mol. The average Bonchev–Trinajstić information content (AvgIpc) is 2.87. The third-order valence-electron chi connectivity index (χ3n) is 3.34. The van der Waals surface area contributed by atoms with Crippen LogP contribution in [0.5, 0.6) is 5.75 Å². The first-order valence-corrected chi connectivity index (χ1v) is 7.57. The first-order valence-electron chi connectivity index (χ1n) is 6.82. The fourth-order valence-corrected chi connectivity index (χ4v) is 2.80. The van der Waals surface area contributed by atoms with Crippen molar-refractivity contribution in [2.24, 2.45) is 0 Å². The fourth-order valence-electron chi connectivity index (χ4n) is 2.33. The number of rotatable bonds is 5. The molecule has 0 spiro atoms. The lowest BCUT2D eigenvalue weighted by molar-refractivity contribution is 0.255. The van der Waals surface area contributed by atoms with E-state index in [9.17, 15) is 5.11 Å². The number of aliphatic hydroxyl groups is 1. The summed E-state index contributed by atoms with van der Waals surface area (Å²) in [4.78, 5) is 4.40. The minimum atomic E-state index is -0.115. The Morgan fingerprint density at radius 3 is 2.73 bits per heavy atom. The first-order chi connectivity index (χ1) is 10.7. The Morgan fingerprint density at radius 2 is 1.95 bits per heavy atom. The lowest BCUT2D eigenvalue weighted by Crippen LogP contribution is -2.11. The number of benzene rings is 2. The maximum atomic E-state index is 9.45. The molecule has 0 atom stereocenters. The van der Waals surface area contributed by atoms with Crippen LogP contribution in [0.15, 0.2) is 42.5 Å². The van der Waals surface area contributed by atoms with Crippen LogP contribution in [0.4, 0.5) is 0 Å². The Hall–Kier alpha value is -1.75. The molecule has 3 rings (SSSR count). The summed E-state index contributed by atoms with van der Waals surface area (Å²) in [6.07, 6.45) is 0. The van der Waals surface area contributed by atoms with Gasteiger partial charge in [-0.3, -0.25) is 0 Å². The second-order valence-electron chi connectivity index (χ2n) is 4.75. The van der Waals surface area contributed by atoms with Crippen molar-refractivity contribution in [2.75, 3.05) is 6.61 Å². The molecule has 0 amide bonds. The molecule has 3 aromatic rings. The smallest absolute Gasteiger partial charge is 0.138 e. The summed E-state index contributed by atoms with van der Waals surface area (Å²) < 4.78 is 7.64. The molecular formula is C16H14Cl2N2O2. The van der Waals surface area contributed by atoms with Crippen molar-refractivity contribution in [2.45, 2.75) is 13.2 Å². The summed E-state index contributed by atoms with van der Waals surface area (Å²) in [5, 5.41) is 10.5. The van der Waals surface area contributed by atoms with E-state index >= 15 is 0 Å². The van der Waals surface area contributed by atoms with Crippen molar-refractivity contribution in [1.82, 2.24) is 9.55 Å². The monoisotopic (exact) mass is 336 g/mol. The van der Waals surface area contributed by atoms with Gasteiger partial charge in [0.15, 0.2) is 0 Å². The first kappa shape index (κ1) is 15.2. The van der Waals surface area contributed by atoms with Crippen LogP contribution in [0.1, 0.15) is 5.82 Å². The molecule has 0 fully saturated rings. The summed E-state index contributed by atoms with van der Waals surface area (Å²) in [6.45, 7) is 0.862. The molecule has 1 aromatic heterocycles. The van der Waals surface area contributed by atoms with Gasteiger partial charge in [-0.25, -0.2) is 4.98 Å². The highest BCUT2D eigenvalue weighted by molar-refractivity contribution is 6.35. The second-order valence-corrected chi connectivity index (χ2v) is 5.59. The molecular weight excluding hydrogens is 323 g/mol. The molecule has 0 bridgehead atoms. The highest BCUT2D eigenvalue weighted by atomic mass is 35.5. The van der Waals surface area contributed by atoms with E-state index in [1.807, 2.05) is 28.8 Å². The number of para-hydroxylation sites is 2. The van der Waals surface area contributed by atoms with Gasteiger partial charge >= 0.3 is 0 Å². The van der Waals surface area contributed by atoms with Gasteiger partial charge in [-0.1, -0.05) is 35.3 Å². The van der Waals surface area contributed by atoms with Crippen LogP contribution in [0, 0.1) is 0 Å². The molecule has 2 aromatic carbocycles. The van der Waals surface area contributed by atoms with Crippen molar-refractivity contribution >= 4 is 34.2 Å². The van der Waals surface area contributed by atoms with Gasteiger partial charge in [-0.05, 0) is 30.3 Å². The number of halogens is 2. The fraction of sp³-hybridized carbons (Fsp3) is 0.188. The highest BCUT2D eigenvalue weighted by Crippen LogP contribution is 2.27. The number of ether oxygens (including phenoxy) is 1. The maximum absolute atomic E-state index is 9.45. The Labute approximate surface area is 137 Å². The van der Waals surface area contributed by atoms with Gasteiger partial charge in [-0.2, -0.15) is 0 Å². The van der Waals surface area contributed by atoms with E-state index in [1.165, 1.54) is 0 Å². The SMILES string of the molecule is OCc1nc2ccccc2n1CCOc1ccc(Cl)cc1Cl. The van der Waals surface area contributed by atoms with Gasteiger partial charge in [0.25, 0.3) is 0 Å². The minimum Gasteiger partial charge on any atom is -0.490 e. The number of fused-ring (bicyclic) bond motifs is 1. The summed E-state index contributed by atoms with van der Waals surface area (Å²) in [5.41, 5.74) is 1.83. The zero-order valence-electron chi connectivity index (χ0n) is 11.7. The van der Waals surface area contributed by atoms with Crippen molar-refractivity contribution in [1.29, 1.82) is 0 Å². The van der Waals surface area contributed by atoms with E-state index in [0.717, 1.165) is 11.0 Å². The van der Waals surface area contributed by atoms with E-state index < -0.39 is 0 Å². The number of nitrogens with zero attached hydrogens (tertiary/aromatic N) is 2. The van der Waals surface area contributed by atoms with E-state index in [4.69, 9.17) is 27.9 Å². The van der Waals surface area contributed by atoms with Gasteiger partial charge in [0.05, 0.1) is 22.6 Å². The topological polar surface area (TPSA) is 47.3 Å². The van der Waals surface area contributed by atoms with E-state index in [-0.39, 0.29) is 6.61 Å². The Balaban J connectivity index is 1.76. The molecule has 6 heteroatoms. The third-order valence-corrected chi connectivity index (χ3v) is 3.87. The molecule has 1 N–H and O–H groups in total. The summed E-state index contributed by atoms with van der Waals surface area (Å²) in [7, 11) is 0. The number of hydrogen-bond acceptors (Lipinski definition) is 3. The maximum Gasteiger partial charge on any atom is 0.138 e. The van der Waals surface area contributed by atoms with Crippen molar-refractivity contribution < 1.29 is 9.84 Å². The molecule has 114 valence electrons. The van der Waals surface area contributed by atoms with Gasteiger partial charge in [0.2, 0.25) is 0 Å². The molecule has 0 aliphatic heterocycles. The van der Waals surface area contributed by atoms with Crippen LogP contribution >= 0.6 is 23.2 Å². The average molecular weight is 337 g/mol. The largest absolute Gasteiger partial charge is 0.490 e. The van der Waals surface area contributed by atoms with Gasteiger partial charge in [0.1, 0.15) is 24.8 Å². The lowest BCUT2D eigenvalue weighted by Gasteiger charge is -2.11. The normalized spacial score (nSPS) is 11.0. The van der Waals surface area contributed by atoms with Gasteiger partial charge < -0.3 is 14.4 Å². The van der Waals surface area contributed by atoms with Gasteiger partial charge in [0, 0.05) is 5.02 Å². The van der Waals surface area contributed by atoms with Crippen LogP contribution in [0.2, 0.25) is 10.0 Å². The Bertz CT molecular complexity index is 802. The highest BCUT2D eigenvalue weighted by Gasteiger charge is 2.10. The lowest BCUT2D eigenvalue weighted by atomic mass is 10.3. The second kappa shape index (κ2) is 6.57. The number of imidazole rings is 1. The number of aromatic nitrogens is 2. The molecule has 0 saturated heterocycles. The minimum absolute atomic E-state index is 0.115. The zero-order valence-corrected chi connectivity index (χ0v) is 13.2. The van der Waals surface area contributed by atoms with E-state index in [0.29, 0.717) is 34.8 Å². The molecule has 0 radical (unpaired) electrons. The quantitative estimate of drug-likeness (QED) is 0.768. The predicted octanol–water partition coefficient (Wildman–Crippen LogP) is 3.91. The van der Waals surface area contributed by atoms with Crippen molar-refractivity contribution in [3.63, 3.8) is 0 Å². The number of hydrogen-bond donors (Lipinski definition) is 1. The van der Waals surface area contributed by atoms with Gasteiger partial charge in [-0.15, -0.1) is 0 Å². The van der Waals surface area contributed by atoms with Crippen LogP contribution in [-0.4, -0.2) is 21.3 Å². The Morgan fingerprint density at radius 1 is 1.14 bits per heavy atom. The van der Waals surface area contributed by atoms with Crippen molar-refractivity contribution in [3.8, 4) is 5.75 Å². The summed E-state index contributed by atoms with van der Waals surface area (Å²) in [5.74, 6) is 1.20. The molecule has 0 saturated carbocycles. The van der Waals surface area contributed by atoms with Crippen LogP contribution in [-0.2, 0) is 13.2 Å². The van der Waals surface area contributed by atoms with Crippen LogP contribution in [0.3, 0.4) is 0 Å². The molecule has 1 heterocycles. The number of aliphatic hydroxyl groups excluding tert-OH is 1. The third kappa shape index (κ3) is 3.04. The molecule has 0 unspecified atom stereocenters. The van der Waals surface area contributed by atoms with Crippen LogP contribution in [0.25, 0.3) is 11.0 Å². The molecule has 0 aliphatic carbocycles. The summed E-state index contributed by atoms with van der Waals surface area (Å²) >= 11 is 11.9. The van der Waals surface area contributed by atoms with E-state index in [2.05, 4.69) is 4.98 Å². The zero-order chi connectivity index (χ0) is 15.5. The molecule has 0 aliphatic rings. The standard InChI is InChI=1S/C16H14Cl2N2O2/c17-11-5-6-15(12(18)9-11)22-8-7-20-14-4-2-1-3-13(14)19-16(20)10-21/h1-6,9,21H,7-8,10H2. The van der Waals surface area contributed by atoms with Crippen molar-refractivity contribution in [3.05, 3.63) is 58.3 Å².